The van der Waals surface area contributed by atoms with Gasteiger partial charge in [-0.05, 0) is 12.8 Å². The fourth-order valence-corrected chi connectivity index (χ4v) is 2.52. The summed E-state index contributed by atoms with van der Waals surface area (Å²) in [5.74, 6) is -0.993. The van der Waals surface area contributed by atoms with E-state index in [-0.39, 0.29) is 11.6 Å². The van der Waals surface area contributed by atoms with Crippen LogP contribution in [0.3, 0.4) is 0 Å². The molecule has 18 heavy (non-hydrogen) atoms. The molecule has 2 rings (SSSR count). The molecular weight excluding hydrogens is 252 g/mol. The summed E-state index contributed by atoms with van der Waals surface area (Å²) < 4.78 is 1.62. The number of nitrogens with zero attached hydrogens (tertiary/aromatic N) is 4. The molecular formula is C11H14N4O2S. The molecule has 0 aliphatic rings. The van der Waals surface area contributed by atoms with Gasteiger partial charge in [0.15, 0.2) is 5.69 Å². The topological polar surface area (TPSA) is 80.9 Å². The minimum absolute atomic E-state index is 0.0262. The third-order valence-corrected chi connectivity index (χ3v) is 3.43. The van der Waals surface area contributed by atoms with Gasteiger partial charge in [-0.2, -0.15) is 0 Å². The minimum atomic E-state index is -1.04. The summed E-state index contributed by atoms with van der Waals surface area (Å²) in [4.78, 5) is 15.4. The first-order valence-corrected chi connectivity index (χ1v) is 6.44. The summed E-state index contributed by atoms with van der Waals surface area (Å²) in [6.07, 6.45) is 0. The van der Waals surface area contributed by atoms with Gasteiger partial charge in [-0.3, -0.25) is 0 Å². The predicted molar refractivity (Wildman–Crippen MR) is 67.0 cm³/mol. The molecule has 0 amide bonds. The number of aromatic nitrogens is 4. The van der Waals surface area contributed by atoms with Crippen molar-refractivity contribution >= 4 is 17.3 Å². The predicted octanol–water partition coefficient (Wildman–Crippen LogP) is 1.91. The van der Waals surface area contributed by atoms with Crippen molar-refractivity contribution < 1.29 is 9.90 Å². The highest BCUT2D eigenvalue weighted by atomic mass is 32.1. The number of aryl methyl sites for hydroxylation is 1. The molecule has 2 aromatic rings. The Hall–Kier alpha value is -1.76. The fourth-order valence-electron chi connectivity index (χ4n) is 1.76. The Morgan fingerprint density at radius 3 is 2.78 bits per heavy atom. The SMILES string of the molecule is Cc1csc(Cn2nnc(C(=O)O)c2C(C)C)n1. The molecule has 0 aliphatic heterocycles. The molecule has 0 radical (unpaired) electrons. The third-order valence-electron chi connectivity index (χ3n) is 2.47. The Morgan fingerprint density at radius 1 is 1.56 bits per heavy atom. The van der Waals surface area contributed by atoms with E-state index in [1.54, 1.807) is 4.68 Å². The van der Waals surface area contributed by atoms with Crippen LogP contribution in [0.15, 0.2) is 5.38 Å². The normalized spacial score (nSPS) is 11.1. The molecule has 0 saturated heterocycles. The molecule has 0 bridgehead atoms. The van der Waals surface area contributed by atoms with Crippen molar-refractivity contribution in [2.45, 2.75) is 33.2 Å². The number of hydrogen-bond acceptors (Lipinski definition) is 5. The first-order valence-electron chi connectivity index (χ1n) is 5.56. The second-order valence-corrected chi connectivity index (χ2v) is 5.27. The van der Waals surface area contributed by atoms with E-state index in [4.69, 9.17) is 5.11 Å². The molecule has 0 unspecified atom stereocenters. The van der Waals surface area contributed by atoms with E-state index >= 15 is 0 Å². The largest absolute Gasteiger partial charge is 0.476 e. The number of aromatic carboxylic acids is 1. The monoisotopic (exact) mass is 266 g/mol. The van der Waals surface area contributed by atoms with Crippen LogP contribution in [0.5, 0.6) is 0 Å². The third kappa shape index (κ3) is 2.40. The van der Waals surface area contributed by atoms with Crippen LogP contribution in [0, 0.1) is 6.92 Å². The first kappa shape index (κ1) is 12.7. The van der Waals surface area contributed by atoms with E-state index in [0.29, 0.717) is 12.2 Å². The Labute approximate surface area is 108 Å². The van der Waals surface area contributed by atoms with Crippen LogP contribution in [0.25, 0.3) is 0 Å². The van der Waals surface area contributed by atoms with Crippen LogP contribution in [0.2, 0.25) is 0 Å². The lowest BCUT2D eigenvalue weighted by atomic mass is 10.1. The molecule has 6 nitrogen and oxygen atoms in total. The van der Waals surface area contributed by atoms with Gasteiger partial charge in [-0.15, -0.1) is 16.4 Å². The quantitative estimate of drug-likeness (QED) is 0.914. The van der Waals surface area contributed by atoms with Crippen LogP contribution in [-0.2, 0) is 6.54 Å². The van der Waals surface area contributed by atoms with Crippen molar-refractivity contribution in [1.82, 2.24) is 20.0 Å². The summed E-state index contributed by atoms with van der Waals surface area (Å²) in [7, 11) is 0. The molecule has 96 valence electrons. The molecule has 1 N–H and O–H groups in total. The summed E-state index contributed by atoms with van der Waals surface area (Å²) in [5, 5.41) is 19.6. The number of carboxylic acids is 1. The van der Waals surface area contributed by atoms with Crippen molar-refractivity contribution in [3.63, 3.8) is 0 Å². The van der Waals surface area contributed by atoms with Crippen LogP contribution in [0.1, 0.15) is 46.6 Å². The number of carbonyl (C=O) groups is 1. The molecule has 0 aliphatic carbocycles. The van der Waals surface area contributed by atoms with Gasteiger partial charge in [-0.1, -0.05) is 19.1 Å². The number of carboxylic acid groups (broad SMARTS) is 1. The van der Waals surface area contributed by atoms with Gasteiger partial charge in [0, 0.05) is 11.1 Å². The van der Waals surface area contributed by atoms with Gasteiger partial charge in [-0.25, -0.2) is 14.5 Å². The molecule has 0 spiro atoms. The molecule has 0 fully saturated rings. The van der Waals surface area contributed by atoms with E-state index < -0.39 is 5.97 Å². The Kier molecular flexibility index (Phi) is 3.42. The Morgan fingerprint density at radius 2 is 2.28 bits per heavy atom. The van der Waals surface area contributed by atoms with Crippen molar-refractivity contribution in [3.05, 3.63) is 27.5 Å². The van der Waals surface area contributed by atoms with Gasteiger partial charge < -0.3 is 5.11 Å². The van der Waals surface area contributed by atoms with Gasteiger partial charge in [0.25, 0.3) is 0 Å². The van der Waals surface area contributed by atoms with Crippen LogP contribution < -0.4 is 0 Å². The summed E-state index contributed by atoms with van der Waals surface area (Å²) in [6.45, 7) is 6.24. The van der Waals surface area contributed by atoms with Crippen LogP contribution >= 0.6 is 11.3 Å². The maximum atomic E-state index is 11.1. The highest BCUT2D eigenvalue weighted by Gasteiger charge is 2.21. The first-order chi connectivity index (χ1) is 8.49. The standard InChI is InChI=1S/C11H14N4O2S/c1-6(2)10-9(11(16)17)13-14-15(10)4-8-12-7(3)5-18-8/h5-6H,4H2,1-3H3,(H,16,17). The van der Waals surface area contributed by atoms with Gasteiger partial charge in [0.1, 0.15) is 5.01 Å². The number of hydrogen-bond donors (Lipinski definition) is 1. The maximum absolute atomic E-state index is 11.1. The van der Waals surface area contributed by atoms with E-state index in [1.165, 1.54) is 11.3 Å². The summed E-state index contributed by atoms with van der Waals surface area (Å²) >= 11 is 1.54. The summed E-state index contributed by atoms with van der Waals surface area (Å²) in [5.41, 5.74) is 1.62. The fraction of sp³-hybridized carbons (Fsp3) is 0.455. The van der Waals surface area contributed by atoms with Crippen molar-refractivity contribution in [1.29, 1.82) is 0 Å². The lowest BCUT2D eigenvalue weighted by Crippen LogP contribution is -2.10. The van der Waals surface area contributed by atoms with Crippen LogP contribution in [-0.4, -0.2) is 31.1 Å². The smallest absolute Gasteiger partial charge is 0.358 e. The number of rotatable bonds is 4. The number of thiazole rings is 1. The molecule has 0 saturated carbocycles. The zero-order valence-corrected chi connectivity index (χ0v) is 11.2. The maximum Gasteiger partial charge on any atom is 0.358 e. The lowest BCUT2D eigenvalue weighted by molar-refractivity contribution is 0.0688. The Balaban J connectivity index is 2.36. The second kappa shape index (κ2) is 4.85. The second-order valence-electron chi connectivity index (χ2n) is 4.32. The molecule has 2 aromatic heterocycles. The van der Waals surface area contributed by atoms with Crippen molar-refractivity contribution in [2.24, 2.45) is 0 Å². The molecule has 7 heteroatoms. The van der Waals surface area contributed by atoms with E-state index in [2.05, 4.69) is 15.3 Å². The van der Waals surface area contributed by atoms with Gasteiger partial charge in [0.05, 0.1) is 12.2 Å². The van der Waals surface area contributed by atoms with Crippen LogP contribution in [0.4, 0.5) is 0 Å². The minimum Gasteiger partial charge on any atom is -0.476 e. The zero-order valence-electron chi connectivity index (χ0n) is 10.4. The van der Waals surface area contributed by atoms with Crippen molar-refractivity contribution in [2.75, 3.05) is 0 Å². The average molecular weight is 266 g/mol. The van der Waals surface area contributed by atoms with E-state index in [9.17, 15) is 4.79 Å². The lowest BCUT2D eigenvalue weighted by Gasteiger charge is -2.08. The zero-order chi connectivity index (χ0) is 13.3. The highest BCUT2D eigenvalue weighted by Crippen LogP contribution is 2.19. The van der Waals surface area contributed by atoms with Crippen molar-refractivity contribution in [3.8, 4) is 0 Å². The molecule has 0 atom stereocenters. The summed E-state index contributed by atoms with van der Waals surface area (Å²) in [6, 6.07) is 0. The molecule has 2 heterocycles. The Bertz CT molecular complexity index is 573. The van der Waals surface area contributed by atoms with E-state index in [0.717, 1.165) is 10.7 Å². The van der Waals surface area contributed by atoms with Gasteiger partial charge in [0.2, 0.25) is 0 Å². The molecule has 0 aromatic carbocycles. The van der Waals surface area contributed by atoms with E-state index in [1.807, 2.05) is 26.2 Å². The highest BCUT2D eigenvalue weighted by molar-refractivity contribution is 7.09. The van der Waals surface area contributed by atoms with Gasteiger partial charge >= 0.3 is 5.97 Å². The average Bonchev–Trinajstić information content (AvgIpc) is 2.85.